The van der Waals surface area contributed by atoms with E-state index in [0.717, 1.165) is 12.1 Å². The minimum Gasteiger partial charge on any atom is -0.348 e. The van der Waals surface area contributed by atoms with Crippen LogP contribution in [0.2, 0.25) is 0 Å². The second-order valence-corrected chi connectivity index (χ2v) is 4.37. The number of carbonyl (C=O) groups is 1. The minimum absolute atomic E-state index is 0.368. The highest BCUT2D eigenvalue weighted by Crippen LogP contribution is 2.30. The van der Waals surface area contributed by atoms with Gasteiger partial charge in [0.15, 0.2) is 0 Å². The number of nitrogens with two attached hydrogens (primary N) is 1. The van der Waals surface area contributed by atoms with Crippen molar-refractivity contribution in [2.24, 2.45) is 5.73 Å². The summed E-state index contributed by atoms with van der Waals surface area (Å²) >= 11 is 0. The lowest BCUT2D eigenvalue weighted by molar-refractivity contribution is -0.137. The molecule has 0 saturated heterocycles. The summed E-state index contributed by atoms with van der Waals surface area (Å²) < 4.78 is 37.7. The number of rotatable bonds is 4. The predicted molar refractivity (Wildman–Crippen MR) is 66.3 cm³/mol. The zero-order valence-corrected chi connectivity index (χ0v) is 10.8. The molecule has 0 aliphatic rings. The van der Waals surface area contributed by atoms with Crippen LogP contribution in [0.5, 0.6) is 0 Å². The molecule has 0 spiro atoms. The fourth-order valence-electron chi connectivity index (χ4n) is 1.57. The smallest absolute Gasteiger partial charge is 0.348 e. The van der Waals surface area contributed by atoms with Gasteiger partial charge in [-0.05, 0) is 31.0 Å². The zero-order chi connectivity index (χ0) is 14.6. The summed E-state index contributed by atoms with van der Waals surface area (Å²) in [6.45, 7) is 3.38. The second-order valence-electron chi connectivity index (χ2n) is 4.37. The molecule has 6 heteroatoms. The van der Waals surface area contributed by atoms with E-state index in [1.54, 1.807) is 13.8 Å². The van der Waals surface area contributed by atoms with E-state index < -0.39 is 23.8 Å². The van der Waals surface area contributed by atoms with E-state index in [1.165, 1.54) is 12.1 Å². The van der Waals surface area contributed by atoms with Crippen LogP contribution in [0.3, 0.4) is 0 Å². The molecular weight excluding hydrogens is 257 g/mol. The normalized spacial score (nSPS) is 14.8. The third-order valence-electron chi connectivity index (χ3n) is 2.85. The van der Waals surface area contributed by atoms with Gasteiger partial charge in [-0.25, -0.2) is 0 Å². The van der Waals surface area contributed by atoms with E-state index in [1.807, 2.05) is 0 Å². The number of benzene rings is 1. The van der Waals surface area contributed by atoms with Crippen molar-refractivity contribution in [2.75, 3.05) is 0 Å². The van der Waals surface area contributed by atoms with Crippen LogP contribution in [0.4, 0.5) is 13.2 Å². The first-order valence-corrected chi connectivity index (χ1v) is 5.98. The van der Waals surface area contributed by atoms with Crippen molar-refractivity contribution in [3.63, 3.8) is 0 Å². The first-order chi connectivity index (χ1) is 8.75. The molecule has 3 nitrogen and oxygen atoms in total. The maximum atomic E-state index is 12.6. The molecule has 1 aromatic rings. The van der Waals surface area contributed by atoms with E-state index in [2.05, 4.69) is 5.32 Å². The molecule has 0 aromatic heterocycles. The van der Waals surface area contributed by atoms with Crippen LogP contribution >= 0.6 is 0 Å². The molecule has 0 bridgehead atoms. The monoisotopic (exact) mass is 274 g/mol. The van der Waals surface area contributed by atoms with Gasteiger partial charge in [-0.1, -0.05) is 19.1 Å². The van der Waals surface area contributed by atoms with Gasteiger partial charge in [-0.2, -0.15) is 13.2 Å². The van der Waals surface area contributed by atoms with Crippen LogP contribution in [0, 0.1) is 0 Å². The Morgan fingerprint density at radius 1 is 1.42 bits per heavy atom. The number of halogens is 3. The molecule has 19 heavy (non-hydrogen) atoms. The molecule has 3 N–H and O–H groups in total. The molecule has 0 aliphatic heterocycles. The Kier molecular flexibility index (Phi) is 4.94. The summed E-state index contributed by atoms with van der Waals surface area (Å²) in [7, 11) is 0. The first kappa shape index (κ1) is 15.5. The number of nitrogens with one attached hydrogen (secondary N) is 1. The number of carbonyl (C=O) groups excluding carboxylic acids is 1. The standard InChI is InChI=1S/C13H17F3N2O/c1-3-11(17)12(19)18-8(2)9-5-4-6-10(7-9)13(14,15)16/h4-8,11H,3,17H2,1-2H3,(H,18,19)/t8?,11-/m1/s1. The average Bonchev–Trinajstić information content (AvgIpc) is 2.36. The third kappa shape index (κ3) is 4.24. The summed E-state index contributed by atoms with van der Waals surface area (Å²) in [6, 6.07) is 3.72. The first-order valence-electron chi connectivity index (χ1n) is 5.98. The summed E-state index contributed by atoms with van der Waals surface area (Å²) in [5.74, 6) is -0.368. The van der Waals surface area contributed by atoms with Crippen molar-refractivity contribution in [1.82, 2.24) is 5.32 Å². The van der Waals surface area contributed by atoms with E-state index in [4.69, 9.17) is 5.73 Å². The van der Waals surface area contributed by atoms with Crippen LogP contribution in [-0.2, 0) is 11.0 Å². The van der Waals surface area contributed by atoms with E-state index >= 15 is 0 Å². The molecule has 0 heterocycles. The second kappa shape index (κ2) is 6.06. The van der Waals surface area contributed by atoms with Crippen molar-refractivity contribution in [2.45, 2.75) is 38.5 Å². The van der Waals surface area contributed by atoms with E-state index in [-0.39, 0.29) is 5.91 Å². The maximum Gasteiger partial charge on any atom is 0.416 e. The summed E-state index contributed by atoms with van der Waals surface area (Å²) in [6.07, 6.45) is -3.92. The lowest BCUT2D eigenvalue weighted by Crippen LogP contribution is -2.41. The summed E-state index contributed by atoms with van der Waals surface area (Å²) in [5.41, 5.74) is 5.21. The van der Waals surface area contributed by atoms with Gasteiger partial charge in [0.05, 0.1) is 17.6 Å². The van der Waals surface area contributed by atoms with Crippen molar-refractivity contribution in [3.8, 4) is 0 Å². The molecule has 1 amide bonds. The Labute approximate surface area is 110 Å². The van der Waals surface area contributed by atoms with Gasteiger partial charge in [-0.15, -0.1) is 0 Å². The Bertz CT molecular complexity index is 446. The molecule has 0 aliphatic carbocycles. The number of hydrogen-bond acceptors (Lipinski definition) is 2. The maximum absolute atomic E-state index is 12.6. The largest absolute Gasteiger partial charge is 0.416 e. The minimum atomic E-state index is -4.39. The molecule has 106 valence electrons. The predicted octanol–water partition coefficient (Wildman–Crippen LogP) is 2.62. The lowest BCUT2D eigenvalue weighted by atomic mass is 10.0. The topological polar surface area (TPSA) is 55.1 Å². The van der Waals surface area contributed by atoms with Gasteiger partial charge >= 0.3 is 6.18 Å². The lowest BCUT2D eigenvalue weighted by Gasteiger charge is -2.18. The SMILES string of the molecule is CC[C@@H](N)C(=O)NC(C)c1cccc(C(F)(F)F)c1. The van der Waals surface area contributed by atoms with Gasteiger partial charge in [0, 0.05) is 0 Å². The fourth-order valence-corrected chi connectivity index (χ4v) is 1.57. The number of alkyl halides is 3. The Hall–Kier alpha value is -1.56. The van der Waals surface area contributed by atoms with Gasteiger partial charge in [0.25, 0.3) is 0 Å². The van der Waals surface area contributed by atoms with Crippen LogP contribution < -0.4 is 11.1 Å². The molecule has 0 fully saturated rings. The van der Waals surface area contributed by atoms with Crippen molar-refractivity contribution in [1.29, 1.82) is 0 Å². The quantitative estimate of drug-likeness (QED) is 0.886. The van der Waals surface area contributed by atoms with Crippen molar-refractivity contribution < 1.29 is 18.0 Å². The van der Waals surface area contributed by atoms with Crippen LogP contribution in [0.1, 0.15) is 37.4 Å². The molecular formula is C13H17F3N2O. The number of hydrogen-bond donors (Lipinski definition) is 2. The Morgan fingerprint density at radius 3 is 2.58 bits per heavy atom. The number of amides is 1. The molecule has 1 rings (SSSR count). The highest BCUT2D eigenvalue weighted by Gasteiger charge is 2.30. The van der Waals surface area contributed by atoms with Crippen LogP contribution in [-0.4, -0.2) is 11.9 Å². The Balaban J connectivity index is 2.83. The van der Waals surface area contributed by atoms with Crippen LogP contribution in [0.15, 0.2) is 24.3 Å². The highest BCUT2D eigenvalue weighted by molar-refractivity contribution is 5.81. The molecule has 0 radical (unpaired) electrons. The molecule has 1 aromatic carbocycles. The molecule has 2 atom stereocenters. The third-order valence-corrected chi connectivity index (χ3v) is 2.85. The molecule has 1 unspecified atom stereocenters. The van der Waals surface area contributed by atoms with Crippen LogP contribution in [0.25, 0.3) is 0 Å². The Morgan fingerprint density at radius 2 is 2.05 bits per heavy atom. The molecule has 0 saturated carbocycles. The van der Waals surface area contributed by atoms with Gasteiger partial charge < -0.3 is 11.1 Å². The van der Waals surface area contributed by atoms with Gasteiger partial charge in [-0.3, -0.25) is 4.79 Å². The highest BCUT2D eigenvalue weighted by atomic mass is 19.4. The summed E-state index contributed by atoms with van der Waals surface area (Å²) in [5, 5.41) is 2.59. The summed E-state index contributed by atoms with van der Waals surface area (Å²) in [4.78, 5) is 11.6. The fraction of sp³-hybridized carbons (Fsp3) is 0.462. The average molecular weight is 274 g/mol. The van der Waals surface area contributed by atoms with Gasteiger partial charge in [0.2, 0.25) is 5.91 Å². The van der Waals surface area contributed by atoms with Crippen molar-refractivity contribution >= 4 is 5.91 Å². The zero-order valence-electron chi connectivity index (χ0n) is 10.8. The van der Waals surface area contributed by atoms with E-state index in [9.17, 15) is 18.0 Å². The van der Waals surface area contributed by atoms with E-state index in [0.29, 0.717) is 12.0 Å². The van der Waals surface area contributed by atoms with Crippen molar-refractivity contribution in [3.05, 3.63) is 35.4 Å². The van der Waals surface area contributed by atoms with Gasteiger partial charge in [0.1, 0.15) is 0 Å².